The Labute approximate surface area is 148 Å². The molecule has 2 atom stereocenters. The molecule has 1 aromatic rings. The van der Waals surface area contributed by atoms with E-state index in [1.165, 1.54) is 18.2 Å². The number of carboxylic acids is 1. The van der Waals surface area contributed by atoms with Gasteiger partial charge in [0.1, 0.15) is 5.82 Å². The number of amides is 2. The van der Waals surface area contributed by atoms with Crippen LogP contribution in [0.5, 0.6) is 0 Å². The number of halogens is 2. The first-order valence-corrected chi connectivity index (χ1v) is 8.52. The van der Waals surface area contributed by atoms with Gasteiger partial charge in [0.25, 0.3) is 0 Å². The molecule has 0 aromatic heterocycles. The number of carbonyl (C=O) groups is 3. The Hall–Kier alpha value is -2.15. The molecule has 2 N–H and O–H groups in total. The van der Waals surface area contributed by atoms with Gasteiger partial charge in [0, 0.05) is 24.7 Å². The van der Waals surface area contributed by atoms with Gasteiger partial charge in [-0.1, -0.05) is 11.6 Å². The van der Waals surface area contributed by atoms with Crippen molar-refractivity contribution < 1.29 is 23.9 Å². The largest absolute Gasteiger partial charge is 0.481 e. The van der Waals surface area contributed by atoms with Crippen LogP contribution in [-0.2, 0) is 14.4 Å². The number of nitrogens with one attached hydrogen (secondary N) is 1. The molecule has 2 amide bonds. The van der Waals surface area contributed by atoms with E-state index in [0.29, 0.717) is 38.0 Å². The second kappa shape index (κ2) is 7.00. The number of piperidine rings is 1. The minimum absolute atomic E-state index is 0.0596. The number of benzene rings is 1. The zero-order valence-corrected chi connectivity index (χ0v) is 14.1. The van der Waals surface area contributed by atoms with E-state index < -0.39 is 23.6 Å². The molecule has 25 heavy (non-hydrogen) atoms. The summed E-state index contributed by atoms with van der Waals surface area (Å²) in [4.78, 5) is 37.0. The smallest absolute Gasteiger partial charge is 0.307 e. The third-order valence-corrected chi connectivity index (χ3v) is 5.08. The van der Waals surface area contributed by atoms with E-state index in [1.54, 1.807) is 4.90 Å². The highest BCUT2D eigenvalue weighted by Crippen LogP contribution is 2.40. The number of likely N-dealkylation sites (tertiary alicyclic amines) is 1. The van der Waals surface area contributed by atoms with Gasteiger partial charge >= 0.3 is 5.97 Å². The summed E-state index contributed by atoms with van der Waals surface area (Å²) in [7, 11) is 0. The minimum Gasteiger partial charge on any atom is -0.481 e. The van der Waals surface area contributed by atoms with Crippen molar-refractivity contribution in [2.24, 2.45) is 17.8 Å². The maximum Gasteiger partial charge on any atom is 0.307 e. The fourth-order valence-electron chi connectivity index (χ4n) is 3.16. The van der Waals surface area contributed by atoms with Crippen molar-refractivity contribution in [3.63, 3.8) is 0 Å². The van der Waals surface area contributed by atoms with Crippen LogP contribution in [0, 0.1) is 23.6 Å². The number of carboxylic acid groups (broad SMARTS) is 1. The summed E-state index contributed by atoms with van der Waals surface area (Å²) in [5, 5.41) is 11.6. The molecular weight excluding hydrogens is 351 g/mol. The molecular formula is C17H18ClFN2O4. The summed E-state index contributed by atoms with van der Waals surface area (Å²) in [5.41, 5.74) is 0.428. The van der Waals surface area contributed by atoms with Crippen LogP contribution in [0.1, 0.15) is 19.3 Å². The lowest BCUT2D eigenvalue weighted by molar-refractivity contribution is -0.142. The van der Waals surface area contributed by atoms with Crippen molar-refractivity contribution in [3.8, 4) is 0 Å². The first-order chi connectivity index (χ1) is 11.9. The predicted molar refractivity (Wildman–Crippen MR) is 88.6 cm³/mol. The number of nitrogens with zero attached hydrogens (tertiary/aromatic N) is 1. The summed E-state index contributed by atoms with van der Waals surface area (Å²) in [6.45, 7) is 0.869. The zero-order valence-electron chi connectivity index (χ0n) is 13.4. The van der Waals surface area contributed by atoms with Gasteiger partial charge in [-0.25, -0.2) is 4.39 Å². The van der Waals surface area contributed by atoms with E-state index in [9.17, 15) is 18.8 Å². The summed E-state index contributed by atoms with van der Waals surface area (Å²) < 4.78 is 13.1. The number of aliphatic carboxylic acids is 1. The van der Waals surface area contributed by atoms with E-state index in [-0.39, 0.29) is 22.8 Å². The Balaban J connectivity index is 1.50. The fraction of sp³-hybridized carbons (Fsp3) is 0.471. The molecule has 2 unspecified atom stereocenters. The van der Waals surface area contributed by atoms with E-state index in [4.69, 9.17) is 16.7 Å². The Kier molecular flexibility index (Phi) is 4.94. The second-order valence-electron chi connectivity index (χ2n) is 6.50. The maximum absolute atomic E-state index is 13.1. The van der Waals surface area contributed by atoms with Crippen LogP contribution in [0.4, 0.5) is 10.1 Å². The van der Waals surface area contributed by atoms with Gasteiger partial charge in [0.2, 0.25) is 11.8 Å². The number of hydrogen-bond donors (Lipinski definition) is 2. The lowest BCUT2D eigenvalue weighted by Crippen LogP contribution is -2.42. The van der Waals surface area contributed by atoms with E-state index in [2.05, 4.69) is 5.32 Å². The monoisotopic (exact) mass is 368 g/mol. The van der Waals surface area contributed by atoms with Crippen molar-refractivity contribution in [1.29, 1.82) is 0 Å². The van der Waals surface area contributed by atoms with E-state index in [1.807, 2.05) is 0 Å². The quantitative estimate of drug-likeness (QED) is 0.854. The van der Waals surface area contributed by atoms with Crippen LogP contribution in [0.3, 0.4) is 0 Å². The van der Waals surface area contributed by atoms with Gasteiger partial charge in [0.05, 0.1) is 16.9 Å². The zero-order chi connectivity index (χ0) is 18.1. The van der Waals surface area contributed by atoms with E-state index in [0.717, 1.165) is 0 Å². The summed E-state index contributed by atoms with van der Waals surface area (Å²) >= 11 is 5.69. The summed E-state index contributed by atoms with van der Waals surface area (Å²) in [5.74, 6) is -3.01. The number of carbonyl (C=O) groups excluding carboxylic acids is 2. The molecule has 0 bridgehead atoms. The summed E-state index contributed by atoms with van der Waals surface area (Å²) in [6, 6.07) is 3.98. The third-order valence-electron chi connectivity index (χ3n) is 4.79. The number of rotatable bonds is 4. The Morgan fingerprint density at radius 1 is 1.20 bits per heavy atom. The Bertz CT molecular complexity index is 719. The molecule has 6 nitrogen and oxygen atoms in total. The average molecular weight is 369 g/mol. The van der Waals surface area contributed by atoms with Crippen molar-refractivity contribution in [1.82, 2.24) is 4.90 Å². The maximum atomic E-state index is 13.1. The predicted octanol–water partition coefficient (Wildman–Crippen LogP) is 2.38. The SMILES string of the molecule is O=C(Nc1ccc(F)c(Cl)c1)C1CCN(C(=O)C2CC2C(=O)O)CC1. The molecule has 2 fully saturated rings. The van der Waals surface area contributed by atoms with Gasteiger partial charge in [-0.2, -0.15) is 0 Å². The van der Waals surface area contributed by atoms with Crippen LogP contribution < -0.4 is 5.32 Å². The minimum atomic E-state index is -0.925. The van der Waals surface area contributed by atoms with E-state index >= 15 is 0 Å². The van der Waals surface area contributed by atoms with Crippen LogP contribution in [-0.4, -0.2) is 40.9 Å². The molecule has 3 rings (SSSR count). The van der Waals surface area contributed by atoms with Crippen LogP contribution in [0.2, 0.25) is 5.02 Å². The molecule has 1 aliphatic heterocycles. The average Bonchev–Trinajstić information content (AvgIpc) is 3.38. The van der Waals surface area contributed by atoms with Gasteiger partial charge < -0.3 is 15.3 Å². The van der Waals surface area contributed by atoms with Crippen molar-refractivity contribution >= 4 is 35.1 Å². The lowest BCUT2D eigenvalue weighted by atomic mass is 9.95. The fourth-order valence-corrected chi connectivity index (χ4v) is 3.34. The molecule has 1 heterocycles. The Morgan fingerprint density at radius 2 is 1.88 bits per heavy atom. The van der Waals surface area contributed by atoms with Gasteiger partial charge in [-0.05, 0) is 37.5 Å². The normalized spacial score (nSPS) is 23.2. The molecule has 1 saturated carbocycles. The van der Waals surface area contributed by atoms with Gasteiger partial charge in [-0.3, -0.25) is 14.4 Å². The molecule has 0 spiro atoms. The van der Waals surface area contributed by atoms with Gasteiger partial charge in [0.15, 0.2) is 0 Å². The first kappa shape index (κ1) is 17.7. The topological polar surface area (TPSA) is 86.7 Å². The van der Waals surface area contributed by atoms with Crippen molar-refractivity contribution in [2.45, 2.75) is 19.3 Å². The highest BCUT2D eigenvalue weighted by Gasteiger charge is 2.50. The van der Waals surface area contributed by atoms with Crippen LogP contribution in [0.15, 0.2) is 18.2 Å². The standard InChI is InChI=1S/C17H18ClFN2O4/c18-13-7-10(1-2-14(13)19)20-15(22)9-3-5-21(6-4-9)16(23)11-8-12(11)17(24)25/h1-2,7,9,11-12H,3-6,8H2,(H,20,22)(H,24,25). The van der Waals surface area contributed by atoms with Gasteiger partial charge in [-0.15, -0.1) is 0 Å². The first-order valence-electron chi connectivity index (χ1n) is 8.14. The lowest BCUT2D eigenvalue weighted by Gasteiger charge is -2.31. The number of hydrogen-bond acceptors (Lipinski definition) is 3. The molecule has 2 aliphatic rings. The molecule has 0 radical (unpaired) electrons. The molecule has 1 aliphatic carbocycles. The highest BCUT2D eigenvalue weighted by molar-refractivity contribution is 6.31. The number of anilines is 1. The second-order valence-corrected chi connectivity index (χ2v) is 6.91. The molecule has 8 heteroatoms. The Morgan fingerprint density at radius 3 is 2.44 bits per heavy atom. The summed E-state index contributed by atoms with van der Waals surface area (Å²) in [6.07, 6.45) is 1.42. The highest BCUT2D eigenvalue weighted by atomic mass is 35.5. The van der Waals surface area contributed by atoms with Crippen LogP contribution in [0.25, 0.3) is 0 Å². The molecule has 134 valence electrons. The molecule has 1 saturated heterocycles. The van der Waals surface area contributed by atoms with Crippen molar-refractivity contribution in [3.05, 3.63) is 29.0 Å². The molecule has 1 aromatic carbocycles. The third kappa shape index (κ3) is 3.92. The van der Waals surface area contributed by atoms with Crippen molar-refractivity contribution in [2.75, 3.05) is 18.4 Å². The van der Waals surface area contributed by atoms with Crippen LogP contribution >= 0.6 is 11.6 Å².